The van der Waals surface area contributed by atoms with Crippen LogP contribution in [-0.4, -0.2) is 111 Å². The molecule has 2 aliphatic heterocycles. The molecule has 1 saturated carbocycles. The van der Waals surface area contributed by atoms with Crippen LogP contribution in [0, 0.1) is 5.41 Å². The summed E-state index contributed by atoms with van der Waals surface area (Å²) in [5.41, 5.74) is -4.14. The molecular weight excluding hydrogens is 572 g/mol. The summed E-state index contributed by atoms with van der Waals surface area (Å²) in [5, 5.41) is 63.1. The van der Waals surface area contributed by atoms with Gasteiger partial charge in [-0.05, 0) is 38.8 Å². The lowest BCUT2D eigenvalue weighted by molar-refractivity contribution is -0.278. The summed E-state index contributed by atoms with van der Waals surface area (Å²) in [6, 6.07) is 2.52. The Kier molecular flexibility index (Phi) is 9.03. The summed E-state index contributed by atoms with van der Waals surface area (Å²) in [7, 11) is 2.67. The summed E-state index contributed by atoms with van der Waals surface area (Å²) < 4.78 is 32.0. The van der Waals surface area contributed by atoms with Crippen LogP contribution >= 0.6 is 0 Å². The van der Waals surface area contributed by atoms with E-state index >= 15 is 0 Å². The Balaban J connectivity index is 1.41. The van der Waals surface area contributed by atoms with Crippen molar-refractivity contribution in [2.24, 2.45) is 5.41 Å². The first-order valence-electron chi connectivity index (χ1n) is 13.6. The minimum Gasteiger partial charge on any atom is -0.504 e. The number of aliphatic hydroxyl groups is 5. The second-order valence-corrected chi connectivity index (χ2v) is 11.4. The quantitative estimate of drug-likeness (QED) is 0.122. The molecule has 238 valence electrons. The Morgan fingerprint density at radius 2 is 1.77 bits per heavy atom. The van der Waals surface area contributed by atoms with Gasteiger partial charge in [0, 0.05) is 24.6 Å². The second-order valence-electron chi connectivity index (χ2n) is 11.4. The number of esters is 2. The molecular formula is C29H38O14. The second kappa shape index (κ2) is 11.9. The predicted octanol–water partition coefficient (Wildman–Crippen LogP) is -0.151. The van der Waals surface area contributed by atoms with Crippen molar-refractivity contribution < 1.29 is 68.6 Å². The van der Waals surface area contributed by atoms with E-state index in [0.717, 1.165) is 6.08 Å². The van der Waals surface area contributed by atoms with Gasteiger partial charge in [-0.15, -0.1) is 0 Å². The Labute approximate surface area is 247 Å². The van der Waals surface area contributed by atoms with Crippen molar-refractivity contribution in [3.8, 4) is 23.0 Å². The number of carbonyl (C=O) groups is 2. The van der Waals surface area contributed by atoms with Crippen LogP contribution in [0.1, 0.15) is 33.6 Å². The maximum atomic E-state index is 12.6. The molecule has 1 aliphatic carbocycles. The predicted molar refractivity (Wildman–Crippen MR) is 145 cm³/mol. The van der Waals surface area contributed by atoms with Gasteiger partial charge >= 0.3 is 11.9 Å². The molecule has 3 aliphatic rings. The highest BCUT2D eigenvalue weighted by atomic mass is 16.7. The fraction of sp³-hybridized carbons (Fsp3) is 0.586. The third kappa shape index (κ3) is 5.78. The molecule has 2 heterocycles. The maximum absolute atomic E-state index is 12.6. The van der Waals surface area contributed by atoms with Gasteiger partial charge in [-0.3, -0.25) is 4.79 Å². The zero-order valence-corrected chi connectivity index (χ0v) is 24.4. The average molecular weight is 611 g/mol. The number of methoxy groups -OCH3 is 2. The first-order chi connectivity index (χ1) is 20.1. The number of hydrogen-bond acceptors (Lipinski definition) is 14. The Bertz CT molecular complexity index is 1290. The first kappa shape index (κ1) is 32.5. The third-order valence-corrected chi connectivity index (χ3v) is 8.36. The van der Waals surface area contributed by atoms with E-state index in [1.165, 1.54) is 45.4 Å². The van der Waals surface area contributed by atoms with Gasteiger partial charge in [0.2, 0.25) is 12.0 Å². The maximum Gasteiger partial charge on any atom is 0.331 e. The van der Waals surface area contributed by atoms with Crippen LogP contribution in [0.5, 0.6) is 23.0 Å². The van der Waals surface area contributed by atoms with Gasteiger partial charge in [-0.1, -0.05) is 6.08 Å². The first-order valence-corrected chi connectivity index (χ1v) is 13.6. The number of aromatic hydroxyl groups is 1. The summed E-state index contributed by atoms with van der Waals surface area (Å²) >= 11 is 0. The number of hydrogen-bond donors (Lipinski definition) is 6. The third-order valence-electron chi connectivity index (χ3n) is 8.36. The molecule has 9 atom stereocenters. The van der Waals surface area contributed by atoms with Crippen LogP contribution in [0.4, 0.5) is 0 Å². The number of aliphatic hydroxyl groups excluding tert-OH is 4. The lowest BCUT2D eigenvalue weighted by atomic mass is 9.59. The van der Waals surface area contributed by atoms with E-state index in [4.69, 9.17) is 28.4 Å². The molecule has 1 aromatic rings. The fourth-order valence-electron chi connectivity index (χ4n) is 5.89. The molecule has 14 heteroatoms. The number of fused-ring (bicyclic) bond motifs is 2. The number of carbonyl (C=O) groups excluding carboxylic acids is 2. The zero-order chi connectivity index (χ0) is 31.9. The zero-order valence-electron chi connectivity index (χ0n) is 24.4. The number of rotatable bonds is 9. The molecule has 3 fully saturated rings. The van der Waals surface area contributed by atoms with Crippen molar-refractivity contribution in [1.29, 1.82) is 0 Å². The van der Waals surface area contributed by atoms with E-state index < -0.39 is 72.0 Å². The van der Waals surface area contributed by atoms with Crippen LogP contribution in [0.2, 0.25) is 0 Å². The summed E-state index contributed by atoms with van der Waals surface area (Å²) in [6.07, 6.45) is -4.76. The molecule has 43 heavy (non-hydrogen) atoms. The number of phenols is 1. The minimum absolute atomic E-state index is 0.00914. The molecule has 0 amide bonds. The van der Waals surface area contributed by atoms with Crippen LogP contribution in [0.25, 0.3) is 0 Å². The van der Waals surface area contributed by atoms with Gasteiger partial charge in [0.15, 0.2) is 11.5 Å². The Hall–Kier alpha value is -3.40. The van der Waals surface area contributed by atoms with Crippen molar-refractivity contribution in [3.63, 3.8) is 0 Å². The van der Waals surface area contributed by atoms with E-state index in [0.29, 0.717) is 5.57 Å². The monoisotopic (exact) mass is 610 g/mol. The molecule has 0 aromatic heterocycles. The highest BCUT2D eigenvalue weighted by molar-refractivity contribution is 5.84. The lowest BCUT2D eigenvalue weighted by Gasteiger charge is -2.47. The van der Waals surface area contributed by atoms with Gasteiger partial charge in [-0.25, -0.2) is 4.79 Å². The smallest absolute Gasteiger partial charge is 0.331 e. The van der Waals surface area contributed by atoms with Crippen molar-refractivity contribution >= 4 is 11.9 Å². The van der Waals surface area contributed by atoms with Gasteiger partial charge in [-0.2, -0.15) is 0 Å². The minimum atomic E-state index is -1.74. The van der Waals surface area contributed by atoms with E-state index in [-0.39, 0.29) is 35.8 Å². The normalized spacial score (nSPS) is 37.6. The van der Waals surface area contributed by atoms with Crippen LogP contribution in [0.15, 0.2) is 35.9 Å². The fourth-order valence-corrected chi connectivity index (χ4v) is 5.89. The molecule has 2 saturated heterocycles. The van der Waals surface area contributed by atoms with Crippen LogP contribution in [0.3, 0.4) is 0 Å². The van der Waals surface area contributed by atoms with Gasteiger partial charge in [0.1, 0.15) is 53.4 Å². The SMILES string of the molecule is COc1cc(O[C@@H]2O[C@H](COC(=O)/C=C(C)\C=C\[C@@]3(O)[C@@]4(C)C[C@@H](O)C[C@]3(C)C(=O)O4)[C@@H](O)[C@H](O)[C@H]2O)cc(O)c1OC. The van der Waals surface area contributed by atoms with E-state index in [9.17, 15) is 40.2 Å². The molecule has 2 bridgehead atoms. The van der Waals surface area contributed by atoms with Gasteiger partial charge in [0.25, 0.3) is 0 Å². The van der Waals surface area contributed by atoms with Crippen molar-refractivity contribution in [3.05, 3.63) is 35.9 Å². The number of allylic oxidation sites excluding steroid dienone is 2. The Morgan fingerprint density at radius 1 is 1.07 bits per heavy atom. The van der Waals surface area contributed by atoms with Gasteiger partial charge < -0.3 is 59.1 Å². The molecule has 1 aromatic carbocycles. The Morgan fingerprint density at radius 3 is 2.40 bits per heavy atom. The molecule has 0 unspecified atom stereocenters. The van der Waals surface area contributed by atoms with E-state index in [1.54, 1.807) is 13.8 Å². The van der Waals surface area contributed by atoms with Gasteiger partial charge in [0.05, 0.1) is 20.3 Å². The number of benzene rings is 1. The summed E-state index contributed by atoms with van der Waals surface area (Å²) in [5.74, 6) is -1.65. The van der Waals surface area contributed by atoms with E-state index in [1.807, 2.05) is 0 Å². The topological polar surface area (TPSA) is 211 Å². The average Bonchev–Trinajstić information content (AvgIpc) is 3.00. The summed E-state index contributed by atoms with van der Waals surface area (Å²) in [6.45, 7) is 4.09. The standard InChI is InChI=1S/C29H38O14/c1-14(6-7-29(37)27(2)11-15(30)12-28(29,3)43-26(27)36)8-20(32)40-13-19-21(33)22(34)23(35)25(42-19)41-16-9-17(31)24(39-5)18(10-16)38-4/h6-10,15,19,21-23,25,30-31,33-35,37H,11-13H2,1-5H3/b7-6+,14-8-/t15-,19+,21+,22-,23+,25+,27+,28+,29-/m0/s1. The molecule has 0 radical (unpaired) electrons. The van der Waals surface area contributed by atoms with Crippen molar-refractivity contribution in [1.82, 2.24) is 0 Å². The molecule has 6 N–H and O–H groups in total. The lowest BCUT2D eigenvalue weighted by Crippen LogP contribution is -2.61. The van der Waals surface area contributed by atoms with Crippen molar-refractivity contribution in [2.75, 3.05) is 20.8 Å². The number of ether oxygens (including phenoxy) is 6. The van der Waals surface area contributed by atoms with Crippen LogP contribution in [-0.2, 0) is 23.8 Å². The van der Waals surface area contributed by atoms with E-state index in [2.05, 4.69) is 0 Å². The number of phenolic OH excluding ortho intramolecular Hbond substituents is 1. The highest BCUT2D eigenvalue weighted by Crippen LogP contribution is 2.58. The highest BCUT2D eigenvalue weighted by Gasteiger charge is 2.72. The largest absolute Gasteiger partial charge is 0.504 e. The van der Waals surface area contributed by atoms with Crippen molar-refractivity contribution in [2.45, 2.75) is 81.6 Å². The molecule has 0 spiro atoms. The summed E-state index contributed by atoms with van der Waals surface area (Å²) in [4.78, 5) is 25.1. The molecule has 14 nitrogen and oxygen atoms in total. The van der Waals surface area contributed by atoms with Crippen LogP contribution < -0.4 is 14.2 Å². The molecule has 4 rings (SSSR count).